The summed E-state index contributed by atoms with van der Waals surface area (Å²) in [4.78, 5) is 39.1. The molecule has 0 saturated carbocycles. The first kappa shape index (κ1) is 29.2. The summed E-state index contributed by atoms with van der Waals surface area (Å²) in [6.07, 6.45) is 2.60. The summed E-state index contributed by atoms with van der Waals surface area (Å²) in [7, 11) is 1.32. The van der Waals surface area contributed by atoms with E-state index in [4.69, 9.17) is 14.2 Å². The van der Waals surface area contributed by atoms with Crippen molar-refractivity contribution in [2.75, 3.05) is 25.5 Å². The number of carbonyl (C=O) groups excluding carboxylic acids is 2. The average Bonchev–Trinajstić information content (AvgIpc) is 3.02. The average molecular weight is 563 g/mol. The van der Waals surface area contributed by atoms with E-state index < -0.39 is 23.1 Å². The van der Waals surface area contributed by atoms with E-state index in [2.05, 4.69) is 15.6 Å². The fraction of sp³-hybridized carbons (Fsp3) is 0.276. The van der Waals surface area contributed by atoms with Crippen LogP contribution in [0.25, 0.3) is 0 Å². The number of rotatable bonds is 12. The van der Waals surface area contributed by atoms with Crippen molar-refractivity contribution in [2.24, 2.45) is 0 Å². The number of ether oxygens (including phenoxy) is 3. The van der Waals surface area contributed by atoms with Crippen LogP contribution in [0.4, 0.5) is 11.5 Å². The summed E-state index contributed by atoms with van der Waals surface area (Å²) in [5.41, 5.74) is 2.85. The maximum Gasteiger partial charge on any atom is 0.337 e. The molecule has 1 aliphatic heterocycles. The lowest BCUT2D eigenvalue weighted by Gasteiger charge is -2.29. The lowest BCUT2D eigenvalue weighted by molar-refractivity contribution is -0.385. The maximum atomic E-state index is 13.0. The molecule has 0 bridgehead atoms. The van der Waals surface area contributed by atoms with Crippen LogP contribution in [0.2, 0.25) is 0 Å². The van der Waals surface area contributed by atoms with Crippen molar-refractivity contribution in [3.63, 3.8) is 0 Å². The van der Waals surface area contributed by atoms with Crippen molar-refractivity contribution >= 4 is 23.4 Å². The molecule has 0 aliphatic carbocycles. The Bertz CT molecular complexity index is 1380. The van der Waals surface area contributed by atoms with E-state index >= 15 is 0 Å². The molecule has 4 rings (SSSR count). The number of aliphatic hydroxyl groups is 1. The Balaban J connectivity index is 1.40. The number of nitro groups is 1. The number of allylic oxidation sites excluding steroid dienone is 1. The van der Waals surface area contributed by atoms with Gasteiger partial charge in [0.2, 0.25) is 6.29 Å². The fourth-order valence-corrected chi connectivity index (χ4v) is 4.12. The topological polar surface area (TPSA) is 162 Å². The molecule has 0 saturated heterocycles. The number of esters is 1. The third-order valence-electron chi connectivity index (χ3n) is 6.36. The third-order valence-corrected chi connectivity index (χ3v) is 6.36. The molecule has 1 amide bonds. The first-order valence-corrected chi connectivity index (χ1v) is 12.9. The smallest absolute Gasteiger partial charge is 0.337 e. The van der Waals surface area contributed by atoms with E-state index in [1.54, 1.807) is 30.3 Å². The van der Waals surface area contributed by atoms with Gasteiger partial charge in [-0.1, -0.05) is 36.4 Å². The number of hydrogen-bond donors (Lipinski definition) is 3. The first-order chi connectivity index (χ1) is 19.9. The van der Waals surface area contributed by atoms with Crippen LogP contribution in [-0.2, 0) is 32.2 Å². The molecule has 3 N–H and O–H groups in total. The molecule has 214 valence electrons. The largest absolute Gasteiger partial charge is 0.465 e. The van der Waals surface area contributed by atoms with Gasteiger partial charge in [0.25, 0.3) is 11.6 Å². The van der Waals surface area contributed by atoms with Crippen molar-refractivity contribution in [2.45, 2.75) is 31.8 Å². The van der Waals surface area contributed by atoms with E-state index in [0.717, 1.165) is 22.9 Å². The molecule has 2 aromatic carbocycles. The number of pyridine rings is 1. The molecule has 12 nitrogen and oxygen atoms in total. The highest BCUT2D eigenvalue weighted by Crippen LogP contribution is 2.32. The van der Waals surface area contributed by atoms with Gasteiger partial charge in [-0.15, -0.1) is 0 Å². The fourth-order valence-electron chi connectivity index (χ4n) is 4.12. The van der Waals surface area contributed by atoms with Gasteiger partial charge >= 0.3 is 5.97 Å². The van der Waals surface area contributed by atoms with Crippen LogP contribution >= 0.6 is 0 Å². The van der Waals surface area contributed by atoms with Gasteiger partial charge in [0.15, 0.2) is 5.76 Å². The molecule has 0 radical (unpaired) electrons. The van der Waals surface area contributed by atoms with Crippen LogP contribution in [0.3, 0.4) is 0 Å². The molecular formula is C29H30N4O8. The van der Waals surface area contributed by atoms with E-state index in [-0.39, 0.29) is 37.1 Å². The van der Waals surface area contributed by atoms with Gasteiger partial charge in [0.1, 0.15) is 12.0 Å². The number of aromatic nitrogens is 1. The second-order valence-electron chi connectivity index (χ2n) is 9.16. The number of nitrogens with zero attached hydrogens (tertiary/aromatic N) is 2. The lowest BCUT2D eigenvalue weighted by atomic mass is 9.92. The molecule has 0 fully saturated rings. The van der Waals surface area contributed by atoms with Gasteiger partial charge in [0, 0.05) is 31.5 Å². The monoisotopic (exact) mass is 562 g/mol. The second-order valence-corrected chi connectivity index (χ2v) is 9.16. The zero-order chi connectivity index (χ0) is 29.2. The van der Waals surface area contributed by atoms with E-state index in [1.807, 2.05) is 24.3 Å². The molecule has 2 atom stereocenters. The number of hydrogen-bond acceptors (Lipinski definition) is 10. The summed E-state index contributed by atoms with van der Waals surface area (Å²) in [5, 5.41) is 25.8. The summed E-state index contributed by atoms with van der Waals surface area (Å²) in [6.45, 7) is 0.753. The van der Waals surface area contributed by atoms with Crippen LogP contribution in [0.1, 0.15) is 39.4 Å². The van der Waals surface area contributed by atoms with Gasteiger partial charge in [-0.25, -0.2) is 9.78 Å². The quantitative estimate of drug-likeness (QED) is 0.129. The van der Waals surface area contributed by atoms with Crippen LogP contribution in [0.5, 0.6) is 0 Å². The Morgan fingerprint density at radius 2 is 1.80 bits per heavy atom. The number of anilines is 1. The van der Waals surface area contributed by atoms with Gasteiger partial charge in [-0.2, -0.15) is 0 Å². The maximum absolute atomic E-state index is 13.0. The lowest BCUT2D eigenvalue weighted by Crippen LogP contribution is -2.35. The summed E-state index contributed by atoms with van der Waals surface area (Å²) >= 11 is 0. The van der Waals surface area contributed by atoms with Crippen LogP contribution in [0.15, 0.2) is 78.7 Å². The molecular weight excluding hydrogens is 532 g/mol. The minimum Gasteiger partial charge on any atom is -0.465 e. The van der Waals surface area contributed by atoms with Crippen molar-refractivity contribution in [3.05, 3.63) is 111 Å². The predicted octanol–water partition coefficient (Wildman–Crippen LogP) is 3.43. The molecule has 0 unspecified atom stereocenters. The Morgan fingerprint density at radius 1 is 1.07 bits per heavy atom. The molecule has 12 heteroatoms. The van der Waals surface area contributed by atoms with Crippen molar-refractivity contribution in [1.29, 1.82) is 0 Å². The SMILES string of the molecule is COC(=O)c1ccc([C@H]2C=C(C(=O)NCCNc3ccc([N+](=O)[O-])cn3)O[C@@H](OCc3ccc(CO)cc3)C2)cc1. The Kier molecular flexibility index (Phi) is 9.97. The zero-order valence-electron chi connectivity index (χ0n) is 22.3. The summed E-state index contributed by atoms with van der Waals surface area (Å²) in [6, 6.07) is 17.1. The molecule has 1 aliphatic rings. The minimum absolute atomic E-state index is 0.0491. The van der Waals surface area contributed by atoms with Crippen molar-refractivity contribution in [1.82, 2.24) is 10.3 Å². The Hall–Kier alpha value is -4.81. The van der Waals surface area contributed by atoms with E-state index in [9.17, 15) is 24.8 Å². The highest BCUT2D eigenvalue weighted by atomic mass is 16.7. The van der Waals surface area contributed by atoms with E-state index in [1.165, 1.54) is 19.2 Å². The Morgan fingerprint density at radius 3 is 2.44 bits per heavy atom. The van der Waals surface area contributed by atoms with Crippen molar-refractivity contribution < 1.29 is 33.8 Å². The van der Waals surface area contributed by atoms with Crippen LogP contribution in [0, 0.1) is 10.1 Å². The van der Waals surface area contributed by atoms with E-state index in [0.29, 0.717) is 24.3 Å². The highest BCUT2D eigenvalue weighted by molar-refractivity contribution is 5.92. The standard InChI is InChI=1S/C29H30N4O8/c1-39-29(36)22-8-6-21(7-9-22)23-14-25(41-27(15-23)40-18-20-4-2-19(17-34)3-5-20)28(35)31-13-12-30-26-11-10-24(16-32-26)33(37)38/h2-11,14,16,23,27,34H,12-13,15,17-18H2,1H3,(H,30,32)(H,31,35)/t23-,27+/m0/s1. The number of benzene rings is 2. The number of amides is 1. The normalized spacial score (nSPS) is 16.2. The summed E-state index contributed by atoms with van der Waals surface area (Å²) in [5.74, 6) is -0.549. The number of carbonyl (C=O) groups is 2. The minimum atomic E-state index is -0.717. The van der Waals surface area contributed by atoms with Crippen LogP contribution in [-0.4, -0.2) is 53.4 Å². The van der Waals surface area contributed by atoms with Crippen LogP contribution < -0.4 is 10.6 Å². The number of nitrogens with one attached hydrogen (secondary N) is 2. The molecule has 3 aromatic rings. The van der Waals surface area contributed by atoms with Gasteiger partial charge < -0.3 is 30.0 Å². The predicted molar refractivity (Wildman–Crippen MR) is 148 cm³/mol. The highest BCUT2D eigenvalue weighted by Gasteiger charge is 2.29. The Labute approximate surface area is 236 Å². The zero-order valence-corrected chi connectivity index (χ0v) is 22.3. The number of aliphatic hydroxyl groups excluding tert-OH is 1. The number of methoxy groups -OCH3 is 1. The molecule has 1 aromatic heterocycles. The summed E-state index contributed by atoms with van der Waals surface area (Å²) < 4.78 is 16.7. The van der Waals surface area contributed by atoms with Crippen molar-refractivity contribution in [3.8, 4) is 0 Å². The van der Waals surface area contributed by atoms with Gasteiger partial charge in [0.05, 0.1) is 30.8 Å². The van der Waals surface area contributed by atoms with Gasteiger partial charge in [-0.3, -0.25) is 14.9 Å². The third kappa shape index (κ3) is 8.10. The molecule has 2 heterocycles. The second kappa shape index (κ2) is 14.0. The molecule has 41 heavy (non-hydrogen) atoms. The van der Waals surface area contributed by atoms with Gasteiger partial charge in [-0.05, 0) is 41.0 Å². The molecule has 0 spiro atoms. The first-order valence-electron chi connectivity index (χ1n) is 12.9.